The van der Waals surface area contributed by atoms with E-state index in [-0.39, 0.29) is 17.5 Å². The summed E-state index contributed by atoms with van der Waals surface area (Å²) in [6.45, 7) is 0.565. The van der Waals surface area contributed by atoms with E-state index in [9.17, 15) is 8.42 Å². The Labute approximate surface area is 128 Å². The molecule has 1 aliphatic heterocycles. The van der Waals surface area contributed by atoms with E-state index < -0.39 is 9.84 Å². The van der Waals surface area contributed by atoms with Crippen LogP contribution in [-0.4, -0.2) is 26.0 Å². The zero-order chi connectivity index (χ0) is 14.7. The molecule has 0 saturated carbocycles. The number of benzene rings is 1. The molecule has 112 valence electrons. The van der Waals surface area contributed by atoms with Crippen LogP contribution in [0.3, 0.4) is 0 Å². The number of hydrogen-bond donors (Lipinski definition) is 1. The predicted molar refractivity (Wildman–Crippen MR) is 83.2 cm³/mol. The number of hydrogen-bond acceptors (Lipinski definition) is 5. The summed E-state index contributed by atoms with van der Waals surface area (Å²) in [6.07, 6.45) is 0.689. The molecule has 4 nitrogen and oxygen atoms in total. The lowest BCUT2D eigenvalue weighted by molar-refractivity contribution is 0.404. The highest BCUT2D eigenvalue weighted by atomic mass is 32.2. The highest BCUT2D eigenvalue weighted by molar-refractivity contribution is 7.99. The van der Waals surface area contributed by atoms with Gasteiger partial charge < -0.3 is 9.73 Å². The third-order valence-corrected chi connectivity index (χ3v) is 6.09. The molecule has 0 spiro atoms. The van der Waals surface area contributed by atoms with Gasteiger partial charge in [0.1, 0.15) is 5.76 Å². The van der Waals surface area contributed by atoms with E-state index in [1.165, 1.54) is 0 Å². The van der Waals surface area contributed by atoms with Crippen molar-refractivity contribution in [3.05, 3.63) is 48.2 Å². The van der Waals surface area contributed by atoms with E-state index in [1.807, 2.05) is 42.5 Å². The van der Waals surface area contributed by atoms with Gasteiger partial charge in [-0.15, -0.1) is 0 Å². The molecule has 1 aromatic carbocycles. The van der Waals surface area contributed by atoms with Crippen molar-refractivity contribution >= 4 is 21.6 Å². The fourth-order valence-corrected chi connectivity index (χ4v) is 4.83. The van der Waals surface area contributed by atoms with Gasteiger partial charge in [0.2, 0.25) is 0 Å². The Morgan fingerprint density at radius 2 is 2.00 bits per heavy atom. The predicted octanol–water partition coefficient (Wildman–Crippen LogP) is 2.71. The average molecular weight is 323 g/mol. The summed E-state index contributed by atoms with van der Waals surface area (Å²) in [6, 6.07) is 14.0. The van der Waals surface area contributed by atoms with Crippen molar-refractivity contribution in [2.45, 2.75) is 29.0 Å². The first kappa shape index (κ1) is 14.7. The summed E-state index contributed by atoms with van der Waals surface area (Å²) in [5, 5.41) is 4.09. The summed E-state index contributed by atoms with van der Waals surface area (Å²) >= 11 is 1.58. The minimum atomic E-state index is -2.83. The van der Waals surface area contributed by atoms with E-state index in [4.69, 9.17) is 4.42 Å². The van der Waals surface area contributed by atoms with Gasteiger partial charge in [0.05, 0.1) is 18.1 Å². The van der Waals surface area contributed by atoms with Gasteiger partial charge in [-0.2, -0.15) is 0 Å². The first-order chi connectivity index (χ1) is 10.1. The van der Waals surface area contributed by atoms with E-state index in [1.54, 1.807) is 11.8 Å². The molecule has 1 aromatic heterocycles. The van der Waals surface area contributed by atoms with Crippen molar-refractivity contribution in [2.24, 2.45) is 0 Å². The molecule has 1 fully saturated rings. The molecule has 0 radical (unpaired) electrons. The first-order valence-corrected chi connectivity index (χ1v) is 9.50. The lowest BCUT2D eigenvalue weighted by Crippen LogP contribution is -2.29. The van der Waals surface area contributed by atoms with Crippen molar-refractivity contribution in [1.29, 1.82) is 0 Å². The van der Waals surface area contributed by atoms with Crippen LogP contribution in [0.2, 0.25) is 0 Å². The third kappa shape index (κ3) is 4.12. The standard InChI is InChI=1S/C15H17NO3S2/c17-21(18)9-8-12(11-21)16-10-13-6-7-15(19-13)20-14-4-2-1-3-5-14/h1-7,12,16H,8-11H2/t12-/m0/s1. The van der Waals surface area contributed by atoms with Gasteiger partial charge >= 0.3 is 0 Å². The second-order valence-electron chi connectivity index (χ2n) is 5.12. The third-order valence-electron chi connectivity index (χ3n) is 3.40. The molecule has 2 heterocycles. The maximum absolute atomic E-state index is 11.4. The Kier molecular flexibility index (Phi) is 4.37. The fraction of sp³-hybridized carbons (Fsp3) is 0.333. The van der Waals surface area contributed by atoms with Gasteiger partial charge in [-0.3, -0.25) is 0 Å². The van der Waals surface area contributed by atoms with E-state index >= 15 is 0 Å². The summed E-state index contributed by atoms with van der Waals surface area (Å²) < 4.78 is 28.5. The summed E-state index contributed by atoms with van der Waals surface area (Å²) in [5.74, 6) is 1.36. The molecule has 0 aliphatic carbocycles. The molecule has 6 heteroatoms. The van der Waals surface area contributed by atoms with Gasteiger partial charge in [0, 0.05) is 10.9 Å². The zero-order valence-corrected chi connectivity index (χ0v) is 13.1. The van der Waals surface area contributed by atoms with Crippen LogP contribution in [0.4, 0.5) is 0 Å². The van der Waals surface area contributed by atoms with Crippen LogP contribution in [0.15, 0.2) is 56.9 Å². The SMILES string of the molecule is O=S1(=O)CC[C@H](NCc2ccc(Sc3ccccc3)o2)C1. The average Bonchev–Trinajstić information content (AvgIpc) is 3.04. The van der Waals surface area contributed by atoms with Gasteiger partial charge in [-0.1, -0.05) is 30.0 Å². The molecule has 1 saturated heterocycles. The van der Waals surface area contributed by atoms with E-state index in [2.05, 4.69) is 5.32 Å². The van der Waals surface area contributed by atoms with E-state index in [0.717, 1.165) is 15.7 Å². The maximum atomic E-state index is 11.4. The topological polar surface area (TPSA) is 59.3 Å². The number of rotatable bonds is 5. The molecule has 21 heavy (non-hydrogen) atoms. The largest absolute Gasteiger partial charge is 0.453 e. The van der Waals surface area contributed by atoms with Crippen LogP contribution in [0.5, 0.6) is 0 Å². The lowest BCUT2D eigenvalue weighted by Gasteiger charge is -2.08. The van der Waals surface area contributed by atoms with Crippen LogP contribution >= 0.6 is 11.8 Å². The zero-order valence-electron chi connectivity index (χ0n) is 11.5. The van der Waals surface area contributed by atoms with Crippen molar-refractivity contribution < 1.29 is 12.8 Å². The summed E-state index contributed by atoms with van der Waals surface area (Å²) in [5.41, 5.74) is 0. The quantitative estimate of drug-likeness (QED) is 0.917. The molecule has 3 rings (SSSR count). The van der Waals surface area contributed by atoms with Crippen molar-refractivity contribution in [2.75, 3.05) is 11.5 Å². The smallest absolute Gasteiger partial charge is 0.165 e. The normalized spacial score (nSPS) is 20.7. The second-order valence-corrected chi connectivity index (χ2v) is 8.42. The van der Waals surface area contributed by atoms with Crippen LogP contribution < -0.4 is 5.32 Å². The summed E-state index contributed by atoms with van der Waals surface area (Å²) in [4.78, 5) is 1.13. The van der Waals surface area contributed by atoms with Crippen LogP contribution in [0.25, 0.3) is 0 Å². The Morgan fingerprint density at radius 1 is 1.19 bits per heavy atom. The van der Waals surface area contributed by atoms with Crippen LogP contribution in [0, 0.1) is 0 Å². The Hall–Kier alpha value is -1.24. The molecule has 0 unspecified atom stereocenters. The van der Waals surface area contributed by atoms with Gasteiger partial charge in [-0.05, 0) is 30.7 Å². The second kappa shape index (κ2) is 6.25. The first-order valence-electron chi connectivity index (χ1n) is 6.86. The lowest BCUT2D eigenvalue weighted by atomic mass is 10.2. The summed E-state index contributed by atoms with van der Waals surface area (Å²) in [7, 11) is -2.83. The molecule has 2 aromatic rings. The monoisotopic (exact) mass is 323 g/mol. The molecular formula is C15H17NO3S2. The van der Waals surface area contributed by atoms with Crippen molar-refractivity contribution in [3.63, 3.8) is 0 Å². The van der Waals surface area contributed by atoms with Gasteiger partial charge in [0.15, 0.2) is 14.9 Å². The fourth-order valence-electron chi connectivity index (χ4n) is 2.31. The van der Waals surface area contributed by atoms with Gasteiger partial charge in [-0.25, -0.2) is 8.42 Å². The number of sulfone groups is 1. The number of nitrogens with one attached hydrogen (secondary N) is 1. The highest BCUT2D eigenvalue weighted by Crippen LogP contribution is 2.28. The Balaban J connectivity index is 1.54. The van der Waals surface area contributed by atoms with Crippen LogP contribution in [0.1, 0.15) is 12.2 Å². The Bertz CT molecular complexity index is 695. The minimum Gasteiger partial charge on any atom is -0.453 e. The van der Waals surface area contributed by atoms with Crippen molar-refractivity contribution in [3.8, 4) is 0 Å². The molecule has 1 aliphatic rings. The molecule has 0 bridgehead atoms. The molecular weight excluding hydrogens is 306 g/mol. The van der Waals surface area contributed by atoms with E-state index in [0.29, 0.717) is 13.0 Å². The number of furan rings is 1. The molecule has 1 N–H and O–H groups in total. The minimum absolute atomic E-state index is 0.0466. The van der Waals surface area contributed by atoms with Crippen LogP contribution in [-0.2, 0) is 16.4 Å². The van der Waals surface area contributed by atoms with Crippen molar-refractivity contribution in [1.82, 2.24) is 5.32 Å². The highest BCUT2D eigenvalue weighted by Gasteiger charge is 2.27. The van der Waals surface area contributed by atoms with Gasteiger partial charge in [0.25, 0.3) is 0 Å². The Morgan fingerprint density at radius 3 is 2.71 bits per heavy atom. The molecule has 0 amide bonds. The maximum Gasteiger partial charge on any atom is 0.165 e. The molecule has 1 atom stereocenters.